The Labute approximate surface area is 81.0 Å². The lowest BCUT2D eigenvalue weighted by atomic mass is 10.1. The molecule has 5 nitrogen and oxygen atoms in total. The van der Waals surface area contributed by atoms with Crippen LogP contribution in [-0.2, 0) is 15.5 Å². The molecule has 80 valence electrons. The van der Waals surface area contributed by atoms with Crippen LogP contribution in [0.1, 0.15) is 20.8 Å². The van der Waals surface area contributed by atoms with Gasteiger partial charge in [0.15, 0.2) is 0 Å². The zero-order valence-corrected chi connectivity index (χ0v) is 8.89. The average molecular weight is 210 g/mol. The Kier molecular flexibility index (Phi) is 5.66. The van der Waals surface area contributed by atoms with E-state index in [9.17, 15) is 8.76 Å². The van der Waals surface area contributed by atoms with Crippen molar-refractivity contribution >= 4 is 11.4 Å². The Hall–Kier alpha value is -0.0100. The Morgan fingerprint density at radius 3 is 2.62 bits per heavy atom. The van der Waals surface area contributed by atoms with Crippen LogP contribution < -0.4 is 5.32 Å². The zero-order valence-electron chi connectivity index (χ0n) is 8.07. The first-order valence-corrected chi connectivity index (χ1v) is 4.99. The molecule has 0 aliphatic carbocycles. The molecule has 0 aromatic rings. The fraction of sp³-hybridized carbons (Fsp3) is 1.00. The molecular formula is C7H16NO4S-. The van der Waals surface area contributed by atoms with E-state index < -0.39 is 23.0 Å². The minimum Gasteiger partial charge on any atom is -0.750 e. The van der Waals surface area contributed by atoms with E-state index in [-0.39, 0.29) is 6.61 Å². The van der Waals surface area contributed by atoms with Crippen molar-refractivity contribution < 1.29 is 18.1 Å². The maximum atomic E-state index is 10.1. The molecule has 0 aliphatic heterocycles. The van der Waals surface area contributed by atoms with Gasteiger partial charge in [-0.3, -0.25) is 4.18 Å². The Morgan fingerprint density at radius 2 is 2.23 bits per heavy atom. The molecule has 2 atom stereocenters. The van der Waals surface area contributed by atoms with Crippen LogP contribution >= 0.6 is 0 Å². The van der Waals surface area contributed by atoms with Gasteiger partial charge in [-0.1, -0.05) is 0 Å². The molecule has 13 heavy (non-hydrogen) atoms. The van der Waals surface area contributed by atoms with Crippen molar-refractivity contribution in [2.75, 3.05) is 13.2 Å². The van der Waals surface area contributed by atoms with Crippen molar-refractivity contribution in [3.8, 4) is 0 Å². The van der Waals surface area contributed by atoms with E-state index in [1.807, 2.05) is 13.8 Å². The van der Waals surface area contributed by atoms with Crippen LogP contribution in [0.3, 0.4) is 0 Å². The number of aliphatic hydroxyl groups excluding tert-OH is 1. The van der Waals surface area contributed by atoms with Crippen molar-refractivity contribution in [2.45, 2.75) is 32.4 Å². The van der Waals surface area contributed by atoms with Crippen molar-refractivity contribution in [2.24, 2.45) is 0 Å². The van der Waals surface area contributed by atoms with Crippen molar-refractivity contribution in [1.29, 1.82) is 0 Å². The summed E-state index contributed by atoms with van der Waals surface area (Å²) in [6.07, 6.45) is -0.427. The van der Waals surface area contributed by atoms with E-state index in [0.29, 0.717) is 6.54 Å². The third-order valence-corrected chi connectivity index (χ3v) is 1.99. The molecule has 0 saturated carbocycles. The standard InChI is InChI=1S/C7H17NO4S/c1-6(12-13(10)11)4-8-7(2,3)5-9/h6,8-9H,4-5H2,1-3H3,(H,10,11)/p-1. The second-order valence-electron chi connectivity index (χ2n) is 3.53. The van der Waals surface area contributed by atoms with Gasteiger partial charge in [-0.2, -0.15) is 0 Å². The van der Waals surface area contributed by atoms with Gasteiger partial charge in [0.25, 0.3) is 0 Å². The van der Waals surface area contributed by atoms with Crippen molar-refractivity contribution in [3.63, 3.8) is 0 Å². The van der Waals surface area contributed by atoms with Gasteiger partial charge in [-0.15, -0.1) is 0 Å². The summed E-state index contributed by atoms with van der Waals surface area (Å²) in [6.45, 7) is 5.62. The summed E-state index contributed by atoms with van der Waals surface area (Å²) < 4.78 is 24.7. The van der Waals surface area contributed by atoms with E-state index >= 15 is 0 Å². The number of hydrogen-bond donors (Lipinski definition) is 2. The minimum atomic E-state index is -2.48. The fourth-order valence-electron chi connectivity index (χ4n) is 0.644. The summed E-state index contributed by atoms with van der Waals surface area (Å²) in [7, 11) is 0. The normalized spacial score (nSPS) is 17.0. The maximum absolute atomic E-state index is 10.1. The van der Waals surface area contributed by atoms with Crippen molar-refractivity contribution in [1.82, 2.24) is 5.32 Å². The molecule has 0 rings (SSSR count). The zero-order chi connectivity index (χ0) is 10.5. The van der Waals surface area contributed by atoms with Crippen LogP contribution in [0.4, 0.5) is 0 Å². The van der Waals surface area contributed by atoms with Gasteiger partial charge in [0.05, 0.1) is 24.1 Å². The molecule has 0 bridgehead atoms. The molecular weight excluding hydrogens is 194 g/mol. The van der Waals surface area contributed by atoms with Gasteiger partial charge in [0.2, 0.25) is 0 Å². The van der Waals surface area contributed by atoms with Crippen molar-refractivity contribution in [3.05, 3.63) is 0 Å². The van der Waals surface area contributed by atoms with Crippen LogP contribution in [0, 0.1) is 0 Å². The SMILES string of the molecule is CC(CNC(C)(C)CO)OS(=O)[O-]. The second kappa shape index (κ2) is 5.66. The topological polar surface area (TPSA) is 81.6 Å². The quantitative estimate of drug-likeness (QED) is 0.580. The molecule has 0 spiro atoms. The average Bonchev–Trinajstić information content (AvgIpc) is 2.00. The predicted molar refractivity (Wildman–Crippen MR) is 48.6 cm³/mol. The van der Waals surface area contributed by atoms with E-state index in [1.54, 1.807) is 6.92 Å². The lowest BCUT2D eigenvalue weighted by Gasteiger charge is -2.25. The van der Waals surface area contributed by atoms with Gasteiger partial charge in [-0.25, -0.2) is 4.21 Å². The number of aliphatic hydroxyl groups is 1. The lowest BCUT2D eigenvalue weighted by Crippen LogP contribution is -2.46. The highest BCUT2D eigenvalue weighted by Gasteiger charge is 2.16. The van der Waals surface area contributed by atoms with E-state index in [1.165, 1.54) is 0 Å². The first kappa shape index (κ1) is 13.0. The van der Waals surface area contributed by atoms with Crippen LogP contribution in [0.5, 0.6) is 0 Å². The summed E-state index contributed by atoms with van der Waals surface area (Å²) in [5.41, 5.74) is -0.415. The third-order valence-electron chi connectivity index (χ3n) is 1.51. The summed E-state index contributed by atoms with van der Waals surface area (Å²) in [6, 6.07) is 0. The van der Waals surface area contributed by atoms with Crippen LogP contribution in [0.15, 0.2) is 0 Å². The largest absolute Gasteiger partial charge is 0.750 e. The molecule has 0 aromatic heterocycles. The Balaban J connectivity index is 3.69. The minimum absolute atomic E-state index is 0.0137. The first-order chi connectivity index (χ1) is 5.87. The lowest BCUT2D eigenvalue weighted by molar-refractivity contribution is 0.158. The number of nitrogens with one attached hydrogen (secondary N) is 1. The summed E-state index contributed by atoms with van der Waals surface area (Å²) >= 11 is -2.48. The van der Waals surface area contributed by atoms with Gasteiger partial charge in [0, 0.05) is 12.1 Å². The monoisotopic (exact) mass is 210 g/mol. The first-order valence-electron chi connectivity index (χ1n) is 3.99. The molecule has 0 radical (unpaired) electrons. The highest BCUT2D eigenvalue weighted by molar-refractivity contribution is 7.74. The van der Waals surface area contributed by atoms with E-state index in [4.69, 9.17) is 5.11 Å². The molecule has 6 heteroatoms. The smallest absolute Gasteiger partial charge is 0.0845 e. The number of rotatable bonds is 6. The second-order valence-corrected chi connectivity index (χ2v) is 4.13. The molecule has 0 saturated heterocycles. The van der Waals surface area contributed by atoms with Crippen LogP contribution in [0.2, 0.25) is 0 Å². The number of hydrogen-bond acceptors (Lipinski definition) is 5. The summed E-state index contributed by atoms with van der Waals surface area (Å²) in [4.78, 5) is 0. The molecule has 2 unspecified atom stereocenters. The molecule has 0 heterocycles. The predicted octanol–water partition coefficient (Wildman–Crippen LogP) is -0.454. The van der Waals surface area contributed by atoms with Gasteiger partial charge in [-0.05, 0) is 20.8 Å². The third kappa shape index (κ3) is 7.09. The van der Waals surface area contributed by atoms with Gasteiger partial charge in [0.1, 0.15) is 0 Å². The van der Waals surface area contributed by atoms with Gasteiger partial charge < -0.3 is 15.0 Å². The summed E-state index contributed by atoms with van der Waals surface area (Å²) in [5.74, 6) is 0. The molecule has 2 N–H and O–H groups in total. The molecule has 0 amide bonds. The van der Waals surface area contributed by atoms with Gasteiger partial charge >= 0.3 is 0 Å². The molecule has 0 aliphatic rings. The van der Waals surface area contributed by atoms with Crippen LogP contribution in [0.25, 0.3) is 0 Å². The van der Waals surface area contributed by atoms with Crippen LogP contribution in [-0.4, -0.2) is 38.7 Å². The molecule has 0 aromatic carbocycles. The van der Waals surface area contributed by atoms with E-state index in [2.05, 4.69) is 9.50 Å². The summed E-state index contributed by atoms with van der Waals surface area (Å²) in [5, 5.41) is 11.8. The fourth-order valence-corrected chi connectivity index (χ4v) is 0.980. The van der Waals surface area contributed by atoms with E-state index in [0.717, 1.165) is 0 Å². The Morgan fingerprint density at radius 1 is 1.69 bits per heavy atom. The highest BCUT2D eigenvalue weighted by Crippen LogP contribution is 2.00. The highest BCUT2D eigenvalue weighted by atomic mass is 32.2. The molecule has 0 fully saturated rings. The Bertz CT molecular complexity index is 174. The maximum Gasteiger partial charge on any atom is 0.0845 e.